The number of carbonyl (C=O) groups is 1. The monoisotopic (exact) mass is 396 g/mol. The van der Waals surface area contributed by atoms with Crippen molar-refractivity contribution in [3.63, 3.8) is 0 Å². The van der Waals surface area contributed by atoms with E-state index >= 15 is 0 Å². The van der Waals surface area contributed by atoms with Crippen molar-refractivity contribution in [1.82, 2.24) is 4.90 Å². The molecule has 2 atom stereocenters. The van der Waals surface area contributed by atoms with E-state index in [-0.39, 0.29) is 22.6 Å². The van der Waals surface area contributed by atoms with E-state index in [0.717, 1.165) is 19.5 Å². The van der Waals surface area contributed by atoms with Crippen LogP contribution in [0.1, 0.15) is 40.5 Å². The van der Waals surface area contributed by atoms with Gasteiger partial charge < -0.3 is 4.74 Å². The summed E-state index contributed by atoms with van der Waals surface area (Å²) in [6.07, 6.45) is 7.21. The standard InChI is InChI=1S/C21H30ClFN2O2/c1-7-17(21(4,5)23)19(13(2)3)20(22)24-12-25-10-14-8-15(11-25)16(14)9-18(26)27-6/h1,13-16H,8-12H2,2-6H3/b19-17+,24-20+. The summed E-state index contributed by atoms with van der Waals surface area (Å²) in [5.74, 6) is 3.73. The summed E-state index contributed by atoms with van der Waals surface area (Å²) in [5.41, 5.74) is -0.791. The van der Waals surface area contributed by atoms with Crippen LogP contribution in [0.5, 0.6) is 0 Å². The number of nitrogens with zero attached hydrogens (tertiary/aromatic N) is 2. The molecular weight excluding hydrogens is 367 g/mol. The SMILES string of the molecule is C#C/C(=C(\C(Cl)=N/CN1CC2CC(C1)C2CC(=O)OC)C(C)C)C(C)(C)F. The molecule has 0 aromatic heterocycles. The van der Waals surface area contributed by atoms with Crippen molar-refractivity contribution in [3.8, 4) is 12.3 Å². The number of terminal acetylenes is 1. The van der Waals surface area contributed by atoms with Crippen LogP contribution in [0.3, 0.4) is 0 Å². The van der Waals surface area contributed by atoms with E-state index in [2.05, 4.69) is 15.8 Å². The van der Waals surface area contributed by atoms with Gasteiger partial charge in [0, 0.05) is 30.7 Å². The molecule has 2 saturated heterocycles. The number of rotatable bonds is 7. The van der Waals surface area contributed by atoms with Crippen LogP contribution in [0.2, 0.25) is 0 Å². The predicted molar refractivity (Wildman–Crippen MR) is 107 cm³/mol. The fraction of sp³-hybridized carbons (Fsp3) is 0.714. The molecule has 2 unspecified atom stereocenters. The second-order valence-corrected chi connectivity index (χ2v) is 8.74. The number of aliphatic imine (C=N–C) groups is 1. The van der Waals surface area contributed by atoms with Gasteiger partial charge in [-0.05, 0) is 43.9 Å². The van der Waals surface area contributed by atoms with Gasteiger partial charge >= 0.3 is 5.97 Å². The maximum absolute atomic E-state index is 14.5. The Morgan fingerprint density at radius 3 is 2.44 bits per heavy atom. The lowest BCUT2D eigenvalue weighted by Crippen LogP contribution is -2.55. The van der Waals surface area contributed by atoms with Crippen molar-refractivity contribution in [2.75, 3.05) is 26.9 Å². The number of carbonyl (C=O) groups excluding carboxylic acids is 1. The molecule has 27 heavy (non-hydrogen) atoms. The Morgan fingerprint density at radius 1 is 1.41 bits per heavy atom. The fourth-order valence-electron chi connectivity index (χ4n) is 4.26. The Hall–Kier alpha value is -1.38. The van der Waals surface area contributed by atoms with Gasteiger partial charge in [-0.2, -0.15) is 0 Å². The van der Waals surface area contributed by atoms with Crippen LogP contribution in [0.4, 0.5) is 4.39 Å². The summed E-state index contributed by atoms with van der Waals surface area (Å²) in [5, 5.41) is 0.286. The van der Waals surface area contributed by atoms with Gasteiger partial charge in [-0.25, -0.2) is 4.39 Å². The molecule has 0 aromatic rings. The lowest BCUT2D eigenvalue weighted by molar-refractivity contribution is -0.147. The van der Waals surface area contributed by atoms with E-state index in [1.54, 1.807) is 0 Å². The summed E-state index contributed by atoms with van der Waals surface area (Å²) in [4.78, 5) is 18.3. The van der Waals surface area contributed by atoms with Crippen molar-refractivity contribution in [2.45, 2.75) is 46.2 Å². The normalized spacial score (nSPS) is 26.9. The number of alkyl halides is 1. The van der Waals surface area contributed by atoms with Gasteiger partial charge in [-0.15, -0.1) is 6.42 Å². The Balaban J connectivity index is 2.05. The van der Waals surface area contributed by atoms with E-state index in [1.165, 1.54) is 21.0 Å². The zero-order valence-corrected chi connectivity index (χ0v) is 17.6. The Labute approximate surface area is 167 Å². The van der Waals surface area contributed by atoms with Crippen molar-refractivity contribution in [1.29, 1.82) is 0 Å². The minimum atomic E-state index is -1.64. The maximum Gasteiger partial charge on any atom is 0.305 e. The second kappa shape index (κ2) is 8.75. The third-order valence-electron chi connectivity index (χ3n) is 5.65. The van der Waals surface area contributed by atoms with Crippen molar-refractivity contribution >= 4 is 22.7 Å². The van der Waals surface area contributed by atoms with Gasteiger partial charge in [0.2, 0.25) is 0 Å². The average Bonchev–Trinajstić information content (AvgIpc) is 2.60. The Kier molecular flexibility index (Phi) is 7.10. The predicted octanol–water partition coefficient (Wildman–Crippen LogP) is 4.05. The number of esters is 1. The molecule has 0 spiro atoms. The molecule has 3 aliphatic rings. The van der Waals surface area contributed by atoms with Gasteiger partial charge in [0.25, 0.3) is 0 Å². The summed E-state index contributed by atoms with van der Waals surface area (Å²) in [6, 6.07) is 0. The van der Waals surface area contributed by atoms with Gasteiger partial charge in [-0.3, -0.25) is 14.7 Å². The molecule has 0 aromatic carbocycles. The smallest absolute Gasteiger partial charge is 0.305 e. The molecule has 1 saturated carbocycles. The largest absolute Gasteiger partial charge is 0.469 e. The van der Waals surface area contributed by atoms with Crippen LogP contribution in [0.15, 0.2) is 16.1 Å². The summed E-state index contributed by atoms with van der Waals surface area (Å²) in [7, 11) is 1.43. The van der Waals surface area contributed by atoms with Crippen LogP contribution in [-0.2, 0) is 9.53 Å². The summed E-state index contributed by atoms with van der Waals surface area (Å²) in [6.45, 7) is 8.99. The van der Waals surface area contributed by atoms with Crippen molar-refractivity contribution < 1.29 is 13.9 Å². The number of fused-ring (bicyclic) bond motifs is 2. The number of halogens is 2. The molecule has 2 aliphatic heterocycles. The van der Waals surface area contributed by atoms with Crippen LogP contribution in [0, 0.1) is 36.0 Å². The average molecular weight is 397 g/mol. The summed E-state index contributed by atoms with van der Waals surface area (Å²) >= 11 is 6.45. The molecular formula is C21H30ClFN2O2. The lowest BCUT2D eigenvalue weighted by Gasteiger charge is -2.53. The first-order valence-corrected chi connectivity index (χ1v) is 9.85. The van der Waals surface area contributed by atoms with Crippen LogP contribution in [0.25, 0.3) is 0 Å². The number of methoxy groups -OCH3 is 1. The highest BCUT2D eigenvalue weighted by Gasteiger charge is 2.47. The van der Waals surface area contributed by atoms with Gasteiger partial charge in [-0.1, -0.05) is 31.4 Å². The quantitative estimate of drug-likeness (QED) is 0.370. The second-order valence-electron chi connectivity index (χ2n) is 8.39. The third kappa shape index (κ3) is 5.12. The molecule has 1 aliphatic carbocycles. The molecule has 3 fully saturated rings. The summed E-state index contributed by atoms with van der Waals surface area (Å²) < 4.78 is 19.3. The first-order chi connectivity index (χ1) is 12.6. The molecule has 0 N–H and O–H groups in total. The fourth-order valence-corrected chi connectivity index (χ4v) is 4.62. The van der Waals surface area contributed by atoms with Gasteiger partial charge in [0.05, 0.1) is 13.8 Å². The maximum atomic E-state index is 14.5. The molecule has 6 heteroatoms. The third-order valence-corrected chi connectivity index (χ3v) is 5.97. The Morgan fingerprint density at radius 2 is 2.00 bits per heavy atom. The van der Waals surface area contributed by atoms with Gasteiger partial charge in [0.1, 0.15) is 10.8 Å². The van der Waals surface area contributed by atoms with Crippen LogP contribution >= 0.6 is 11.6 Å². The van der Waals surface area contributed by atoms with E-state index in [1.807, 2.05) is 13.8 Å². The molecule has 0 radical (unpaired) electrons. The first-order valence-electron chi connectivity index (χ1n) is 9.48. The van der Waals surface area contributed by atoms with Crippen molar-refractivity contribution in [2.24, 2.45) is 28.7 Å². The molecule has 2 bridgehead atoms. The molecule has 150 valence electrons. The molecule has 2 heterocycles. The van der Waals surface area contributed by atoms with E-state index in [9.17, 15) is 9.18 Å². The van der Waals surface area contributed by atoms with Crippen molar-refractivity contribution in [3.05, 3.63) is 11.1 Å². The Bertz CT molecular complexity index is 661. The first kappa shape index (κ1) is 21.9. The highest BCUT2D eigenvalue weighted by molar-refractivity contribution is 6.69. The van der Waals surface area contributed by atoms with E-state index in [0.29, 0.717) is 36.4 Å². The highest BCUT2D eigenvalue weighted by atomic mass is 35.5. The molecule has 4 nitrogen and oxygen atoms in total. The molecule has 3 rings (SSSR count). The zero-order chi connectivity index (χ0) is 20.4. The molecule has 0 amide bonds. The zero-order valence-electron chi connectivity index (χ0n) is 16.9. The van der Waals surface area contributed by atoms with Crippen LogP contribution < -0.4 is 0 Å². The van der Waals surface area contributed by atoms with Crippen LogP contribution in [-0.4, -0.2) is 48.6 Å². The lowest BCUT2D eigenvalue weighted by atomic mass is 9.60. The van der Waals surface area contributed by atoms with Gasteiger partial charge in [0.15, 0.2) is 0 Å². The van der Waals surface area contributed by atoms with E-state index < -0.39 is 5.67 Å². The topological polar surface area (TPSA) is 41.9 Å². The highest BCUT2D eigenvalue weighted by Crippen LogP contribution is 2.47. The minimum Gasteiger partial charge on any atom is -0.469 e. The minimum absolute atomic E-state index is 0.0264. The number of ether oxygens (including phenoxy) is 1. The van der Waals surface area contributed by atoms with E-state index in [4.69, 9.17) is 22.8 Å². The number of allylic oxidation sites excluding steroid dienone is 2. The number of hydrogen-bond donors (Lipinski definition) is 0. The number of piperidine rings is 2. The number of hydrogen-bond acceptors (Lipinski definition) is 4.